The van der Waals surface area contributed by atoms with Crippen LogP contribution in [0.2, 0.25) is 0 Å². The summed E-state index contributed by atoms with van der Waals surface area (Å²) < 4.78 is 0. The monoisotopic (exact) mass is 148 g/mol. The molecule has 11 heavy (non-hydrogen) atoms. The Kier molecular flexibility index (Phi) is 2.09. The first-order chi connectivity index (χ1) is 5.25. The second-order valence-electron chi connectivity index (χ2n) is 2.17. The smallest absolute Gasteiger partial charge is 0.122 e. The number of hydrogen-bond acceptors (Lipinski definition) is 3. The summed E-state index contributed by atoms with van der Waals surface area (Å²) in [6.45, 7) is 0. The topological polar surface area (TPSA) is 70.0 Å². The van der Waals surface area contributed by atoms with Crippen molar-refractivity contribution in [1.82, 2.24) is 0 Å². The van der Waals surface area contributed by atoms with Crippen molar-refractivity contribution in [3.63, 3.8) is 0 Å². The summed E-state index contributed by atoms with van der Waals surface area (Å²) in [6, 6.07) is 7.65. The van der Waals surface area contributed by atoms with E-state index >= 15 is 0 Å². The lowest BCUT2D eigenvalue weighted by atomic mass is 10.1. The molecule has 3 heteroatoms. The van der Waals surface area contributed by atoms with Gasteiger partial charge >= 0.3 is 0 Å². The molecule has 1 atom stereocenters. The van der Waals surface area contributed by atoms with Crippen molar-refractivity contribution < 1.29 is 5.11 Å². The molecule has 56 valence electrons. The van der Waals surface area contributed by atoms with Crippen molar-refractivity contribution in [2.24, 2.45) is 5.73 Å². The third kappa shape index (κ3) is 1.48. The molecule has 0 bridgehead atoms. The molecule has 0 saturated heterocycles. The number of nitrogens with zero attached hydrogens (tertiary/aromatic N) is 1. The molecule has 0 aromatic heterocycles. The van der Waals surface area contributed by atoms with Gasteiger partial charge in [0.1, 0.15) is 11.8 Å². The normalized spacial score (nSPS) is 12.0. The number of phenolic OH excluding ortho intramolecular Hbond substituents is 1. The number of phenols is 1. The van der Waals surface area contributed by atoms with Crippen molar-refractivity contribution in [3.8, 4) is 11.8 Å². The summed E-state index contributed by atoms with van der Waals surface area (Å²) in [5, 5.41) is 17.6. The van der Waals surface area contributed by atoms with Gasteiger partial charge in [-0.25, -0.2) is 0 Å². The third-order valence-electron chi connectivity index (χ3n) is 1.41. The van der Waals surface area contributed by atoms with E-state index in [-0.39, 0.29) is 5.75 Å². The fraction of sp³-hybridized carbons (Fsp3) is 0.125. The molecule has 0 spiro atoms. The van der Waals surface area contributed by atoms with Crippen LogP contribution in [0.25, 0.3) is 0 Å². The molecule has 0 aliphatic carbocycles. The number of nitriles is 1. The van der Waals surface area contributed by atoms with Gasteiger partial charge in [0.05, 0.1) is 6.07 Å². The van der Waals surface area contributed by atoms with E-state index in [1.54, 1.807) is 18.2 Å². The van der Waals surface area contributed by atoms with E-state index in [4.69, 9.17) is 11.0 Å². The molecule has 0 fully saturated rings. The van der Waals surface area contributed by atoms with Gasteiger partial charge in [-0.05, 0) is 6.07 Å². The summed E-state index contributed by atoms with van der Waals surface area (Å²) in [5.74, 6) is 0.0709. The molecule has 1 rings (SSSR count). The molecule has 0 aliphatic heterocycles. The van der Waals surface area contributed by atoms with Gasteiger partial charge in [0.15, 0.2) is 0 Å². The molecule has 1 aromatic carbocycles. The summed E-state index contributed by atoms with van der Waals surface area (Å²) in [6.07, 6.45) is 0. The minimum absolute atomic E-state index is 0.0709. The highest BCUT2D eigenvalue weighted by molar-refractivity contribution is 5.36. The SMILES string of the molecule is N#C[C@@H](N)c1ccccc1O. The van der Waals surface area contributed by atoms with Crippen LogP contribution in [0, 0.1) is 11.3 Å². The Balaban J connectivity index is 3.05. The molecule has 3 N–H and O–H groups in total. The zero-order chi connectivity index (χ0) is 8.27. The van der Waals surface area contributed by atoms with Gasteiger partial charge in [-0.2, -0.15) is 5.26 Å². The van der Waals surface area contributed by atoms with Crippen LogP contribution >= 0.6 is 0 Å². The van der Waals surface area contributed by atoms with Crippen molar-refractivity contribution in [2.75, 3.05) is 0 Å². The summed E-state index contributed by atoms with van der Waals surface area (Å²) in [7, 11) is 0. The van der Waals surface area contributed by atoms with E-state index in [1.807, 2.05) is 6.07 Å². The Labute approximate surface area is 64.7 Å². The number of benzene rings is 1. The van der Waals surface area contributed by atoms with E-state index in [9.17, 15) is 5.11 Å². The van der Waals surface area contributed by atoms with Crippen LogP contribution in [0.3, 0.4) is 0 Å². The summed E-state index contributed by atoms with van der Waals surface area (Å²) >= 11 is 0. The molecule has 0 unspecified atom stereocenters. The molecule has 1 aromatic rings. The predicted molar refractivity (Wildman–Crippen MR) is 40.6 cm³/mol. The van der Waals surface area contributed by atoms with Gasteiger partial charge in [-0.1, -0.05) is 18.2 Å². The van der Waals surface area contributed by atoms with Gasteiger partial charge in [0, 0.05) is 5.56 Å². The molecular formula is C8H8N2O. The van der Waals surface area contributed by atoms with Crippen LogP contribution < -0.4 is 5.73 Å². The Morgan fingerprint density at radius 1 is 1.45 bits per heavy atom. The van der Waals surface area contributed by atoms with Crippen LogP contribution in [0.4, 0.5) is 0 Å². The van der Waals surface area contributed by atoms with Crippen molar-refractivity contribution in [1.29, 1.82) is 5.26 Å². The van der Waals surface area contributed by atoms with E-state index in [0.29, 0.717) is 5.56 Å². The van der Waals surface area contributed by atoms with Gasteiger partial charge in [-0.3, -0.25) is 0 Å². The van der Waals surface area contributed by atoms with Crippen LogP contribution in [-0.2, 0) is 0 Å². The van der Waals surface area contributed by atoms with Crippen LogP contribution in [-0.4, -0.2) is 5.11 Å². The van der Waals surface area contributed by atoms with E-state index in [2.05, 4.69) is 0 Å². The average Bonchev–Trinajstić information content (AvgIpc) is 2.04. The highest BCUT2D eigenvalue weighted by Gasteiger charge is 2.07. The molecule has 0 heterocycles. The zero-order valence-electron chi connectivity index (χ0n) is 5.86. The Bertz CT molecular complexity index is 290. The Morgan fingerprint density at radius 3 is 2.64 bits per heavy atom. The number of nitrogens with two attached hydrogens (primary N) is 1. The predicted octanol–water partition coefficient (Wildman–Crippen LogP) is 0.916. The number of rotatable bonds is 1. The van der Waals surface area contributed by atoms with E-state index < -0.39 is 6.04 Å². The average molecular weight is 148 g/mol. The standard InChI is InChI=1S/C8H8N2O/c9-5-7(10)6-3-1-2-4-8(6)11/h1-4,7,11H,10H2/t7-/m1/s1. The minimum atomic E-state index is -0.740. The first-order valence-electron chi connectivity index (χ1n) is 3.19. The third-order valence-corrected chi connectivity index (χ3v) is 1.41. The zero-order valence-corrected chi connectivity index (χ0v) is 5.86. The number of hydrogen-bond donors (Lipinski definition) is 2. The first kappa shape index (κ1) is 7.58. The lowest BCUT2D eigenvalue weighted by Crippen LogP contribution is -2.06. The molecule has 0 saturated carbocycles. The van der Waals surface area contributed by atoms with Gasteiger partial charge in [0.2, 0.25) is 0 Å². The Morgan fingerprint density at radius 2 is 2.09 bits per heavy atom. The largest absolute Gasteiger partial charge is 0.508 e. The van der Waals surface area contributed by atoms with Crippen LogP contribution in [0.5, 0.6) is 5.75 Å². The van der Waals surface area contributed by atoms with Crippen molar-refractivity contribution in [2.45, 2.75) is 6.04 Å². The maximum Gasteiger partial charge on any atom is 0.122 e. The Hall–Kier alpha value is -1.53. The highest BCUT2D eigenvalue weighted by Crippen LogP contribution is 2.20. The maximum absolute atomic E-state index is 9.18. The molecule has 3 nitrogen and oxygen atoms in total. The summed E-state index contributed by atoms with van der Waals surface area (Å²) in [4.78, 5) is 0. The second-order valence-corrected chi connectivity index (χ2v) is 2.17. The lowest BCUT2D eigenvalue weighted by molar-refractivity contribution is 0.466. The molecule has 0 amide bonds. The van der Waals surface area contributed by atoms with Crippen molar-refractivity contribution in [3.05, 3.63) is 29.8 Å². The highest BCUT2D eigenvalue weighted by atomic mass is 16.3. The molecular weight excluding hydrogens is 140 g/mol. The first-order valence-corrected chi connectivity index (χ1v) is 3.19. The molecule has 0 radical (unpaired) electrons. The van der Waals surface area contributed by atoms with E-state index in [1.165, 1.54) is 6.07 Å². The number of aromatic hydroxyl groups is 1. The van der Waals surface area contributed by atoms with Gasteiger partial charge in [-0.15, -0.1) is 0 Å². The van der Waals surface area contributed by atoms with Crippen molar-refractivity contribution >= 4 is 0 Å². The maximum atomic E-state index is 9.18. The molecule has 0 aliphatic rings. The summed E-state index contributed by atoms with van der Waals surface area (Å²) in [5.41, 5.74) is 5.84. The fourth-order valence-corrected chi connectivity index (χ4v) is 0.820. The van der Waals surface area contributed by atoms with Gasteiger partial charge in [0.25, 0.3) is 0 Å². The van der Waals surface area contributed by atoms with Gasteiger partial charge < -0.3 is 10.8 Å². The van der Waals surface area contributed by atoms with Crippen LogP contribution in [0.15, 0.2) is 24.3 Å². The number of para-hydroxylation sites is 1. The fourth-order valence-electron chi connectivity index (χ4n) is 0.820. The van der Waals surface area contributed by atoms with Crippen LogP contribution in [0.1, 0.15) is 11.6 Å². The van der Waals surface area contributed by atoms with E-state index in [0.717, 1.165) is 0 Å². The second kappa shape index (κ2) is 3.04. The minimum Gasteiger partial charge on any atom is -0.508 e. The quantitative estimate of drug-likeness (QED) is 0.622. The lowest BCUT2D eigenvalue weighted by Gasteiger charge is -2.03.